The van der Waals surface area contributed by atoms with Crippen LogP contribution in [0.25, 0.3) is 0 Å². The molecule has 12 heavy (non-hydrogen) atoms. The van der Waals surface area contributed by atoms with Crippen LogP contribution in [0.1, 0.15) is 12.8 Å². The number of hydrogen-bond acceptors (Lipinski definition) is 3. The molecule has 0 radical (unpaired) electrons. The van der Waals surface area contributed by atoms with Gasteiger partial charge in [-0.3, -0.25) is 0 Å². The van der Waals surface area contributed by atoms with E-state index >= 15 is 0 Å². The Morgan fingerprint density at radius 3 is 2.50 bits per heavy atom. The smallest absolute Gasteiger partial charge is 0.155 e. The van der Waals surface area contributed by atoms with Crippen LogP contribution in [0.15, 0.2) is 12.7 Å². The summed E-state index contributed by atoms with van der Waals surface area (Å²) in [5.41, 5.74) is 0. The summed E-state index contributed by atoms with van der Waals surface area (Å²) in [7, 11) is 5.47. The standard InChI is InChI=1S/C9H19NO2/c1-5-6-8(10(2)3)7-9(11)12-4/h5,8-9,11H,1,6-7H2,2-4H3. The van der Waals surface area contributed by atoms with Gasteiger partial charge in [-0.05, 0) is 20.5 Å². The second-order valence-electron chi connectivity index (χ2n) is 3.07. The molecule has 0 aliphatic heterocycles. The highest BCUT2D eigenvalue weighted by molar-refractivity contribution is 4.78. The maximum absolute atomic E-state index is 9.22. The van der Waals surface area contributed by atoms with E-state index < -0.39 is 6.29 Å². The van der Waals surface area contributed by atoms with Crippen molar-refractivity contribution in [2.24, 2.45) is 0 Å². The Labute approximate surface area is 74.6 Å². The predicted octanol–water partition coefficient (Wildman–Crippen LogP) is 0.848. The number of rotatable bonds is 6. The van der Waals surface area contributed by atoms with E-state index in [1.807, 2.05) is 20.2 Å². The van der Waals surface area contributed by atoms with Crippen LogP contribution in [0.2, 0.25) is 0 Å². The molecule has 0 rings (SSSR count). The van der Waals surface area contributed by atoms with Gasteiger partial charge in [0, 0.05) is 19.6 Å². The molecule has 3 nitrogen and oxygen atoms in total. The fourth-order valence-corrected chi connectivity index (χ4v) is 1.04. The van der Waals surface area contributed by atoms with Gasteiger partial charge in [-0.15, -0.1) is 6.58 Å². The number of nitrogens with zero attached hydrogens (tertiary/aromatic N) is 1. The van der Waals surface area contributed by atoms with E-state index in [2.05, 4.69) is 11.5 Å². The molecule has 2 atom stereocenters. The van der Waals surface area contributed by atoms with Gasteiger partial charge in [0.1, 0.15) is 0 Å². The minimum absolute atomic E-state index is 0.303. The number of aliphatic hydroxyl groups excluding tert-OH is 1. The van der Waals surface area contributed by atoms with Crippen molar-refractivity contribution in [2.75, 3.05) is 21.2 Å². The van der Waals surface area contributed by atoms with Crippen molar-refractivity contribution in [3.63, 3.8) is 0 Å². The fraction of sp³-hybridized carbons (Fsp3) is 0.778. The summed E-state index contributed by atoms with van der Waals surface area (Å²) in [5.74, 6) is 0. The number of methoxy groups -OCH3 is 1. The summed E-state index contributed by atoms with van der Waals surface area (Å²) < 4.78 is 4.77. The highest BCUT2D eigenvalue weighted by atomic mass is 16.6. The van der Waals surface area contributed by atoms with E-state index in [9.17, 15) is 5.11 Å². The first kappa shape index (κ1) is 11.6. The van der Waals surface area contributed by atoms with Crippen LogP contribution in [0.4, 0.5) is 0 Å². The summed E-state index contributed by atoms with van der Waals surface area (Å²) in [6.07, 6.45) is 2.67. The van der Waals surface area contributed by atoms with Gasteiger partial charge in [0.15, 0.2) is 6.29 Å². The molecule has 0 fully saturated rings. The second-order valence-corrected chi connectivity index (χ2v) is 3.07. The molecule has 1 N–H and O–H groups in total. The third-order valence-corrected chi connectivity index (χ3v) is 1.91. The van der Waals surface area contributed by atoms with Gasteiger partial charge in [0.05, 0.1) is 0 Å². The third kappa shape index (κ3) is 4.49. The lowest BCUT2D eigenvalue weighted by atomic mass is 10.1. The monoisotopic (exact) mass is 173 g/mol. The number of ether oxygens (including phenoxy) is 1. The van der Waals surface area contributed by atoms with Crippen LogP contribution in [0, 0.1) is 0 Å². The quantitative estimate of drug-likeness (QED) is 0.477. The Hall–Kier alpha value is -0.380. The lowest BCUT2D eigenvalue weighted by molar-refractivity contribution is -0.0887. The molecule has 0 saturated heterocycles. The van der Waals surface area contributed by atoms with E-state index in [-0.39, 0.29) is 0 Å². The Bertz CT molecular complexity index is 126. The maximum atomic E-state index is 9.22. The predicted molar refractivity (Wildman–Crippen MR) is 49.9 cm³/mol. The normalized spacial score (nSPS) is 16.1. The van der Waals surface area contributed by atoms with Crippen molar-refractivity contribution in [2.45, 2.75) is 25.2 Å². The zero-order valence-corrected chi connectivity index (χ0v) is 8.16. The zero-order chi connectivity index (χ0) is 9.56. The van der Waals surface area contributed by atoms with Gasteiger partial charge in [-0.1, -0.05) is 6.08 Å². The highest BCUT2D eigenvalue weighted by Crippen LogP contribution is 2.08. The SMILES string of the molecule is C=CCC(CC(O)OC)N(C)C. The first-order chi connectivity index (χ1) is 5.61. The van der Waals surface area contributed by atoms with E-state index in [1.54, 1.807) is 0 Å². The van der Waals surface area contributed by atoms with E-state index in [1.165, 1.54) is 7.11 Å². The molecule has 72 valence electrons. The molecule has 0 amide bonds. The van der Waals surface area contributed by atoms with E-state index in [0.29, 0.717) is 12.5 Å². The van der Waals surface area contributed by atoms with Crippen LogP contribution < -0.4 is 0 Å². The Morgan fingerprint density at radius 1 is 1.58 bits per heavy atom. The van der Waals surface area contributed by atoms with Crippen LogP contribution in [-0.2, 0) is 4.74 Å². The maximum Gasteiger partial charge on any atom is 0.155 e. The Kier molecular flexibility index (Phi) is 5.98. The minimum Gasteiger partial charge on any atom is -0.368 e. The van der Waals surface area contributed by atoms with Crippen molar-refractivity contribution in [1.29, 1.82) is 0 Å². The lowest BCUT2D eigenvalue weighted by Crippen LogP contribution is -2.31. The summed E-state index contributed by atoms with van der Waals surface area (Å²) in [6, 6.07) is 0.303. The average Bonchev–Trinajstić information content (AvgIpc) is 2.03. The van der Waals surface area contributed by atoms with Crippen molar-refractivity contribution >= 4 is 0 Å². The van der Waals surface area contributed by atoms with E-state index in [0.717, 1.165) is 6.42 Å². The van der Waals surface area contributed by atoms with Crippen LogP contribution in [0.3, 0.4) is 0 Å². The summed E-state index contributed by atoms with van der Waals surface area (Å²) >= 11 is 0. The van der Waals surface area contributed by atoms with Gasteiger partial charge in [-0.25, -0.2) is 0 Å². The number of aliphatic hydroxyl groups is 1. The summed E-state index contributed by atoms with van der Waals surface area (Å²) in [4.78, 5) is 2.06. The van der Waals surface area contributed by atoms with Gasteiger partial charge in [-0.2, -0.15) is 0 Å². The molecular formula is C9H19NO2. The van der Waals surface area contributed by atoms with Crippen molar-refractivity contribution < 1.29 is 9.84 Å². The van der Waals surface area contributed by atoms with E-state index in [4.69, 9.17) is 4.74 Å². The van der Waals surface area contributed by atoms with Crippen LogP contribution >= 0.6 is 0 Å². The van der Waals surface area contributed by atoms with Crippen molar-refractivity contribution in [3.05, 3.63) is 12.7 Å². The zero-order valence-electron chi connectivity index (χ0n) is 8.16. The van der Waals surface area contributed by atoms with Crippen LogP contribution in [-0.4, -0.2) is 43.5 Å². The average molecular weight is 173 g/mol. The molecule has 3 heteroatoms. The molecular weight excluding hydrogens is 154 g/mol. The minimum atomic E-state index is -0.669. The van der Waals surface area contributed by atoms with Crippen LogP contribution in [0.5, 0.6) is 0 Å². The molecule has 0 saturated carbocycles. The van der Waals surface area contributed by atoms with Gasteiger partial charge in [0.2, 0.25) is 0 Å². The Balaban J connectivity index is 3.85. The van der Waals surface area contributed by atoms with Crippen molar-refractivity contribution in [1.82, 2.24) is 4.90 Å². The first-order valence-electron chi connectivity index (χ1n) is 4.10. The molecule has 0 bridgehead atoms. The molecule has 2 unspecified atom stereocenters. The molecule has 0 spiro atoms. The molecule has 0 aromatic carbocycles. The highest BCUT2D eigenvalue weighted by Gasteiger charge is 2.14. The molecule has 0 aromatic heterocycles. The van der Waals surface area contributed by atoms with Gasteiger partial charge < -0.3 is 14.7 Å². The first-order valence-corrected chi connectivity index (χ1v) is 4.10. The molecule has 0 aliphatic carbocycles. The Morgan fingerprint density at radius 2 is 2.17 bits per heavy atom. The topological polar surface area (TPSA) is 32.7 Å². The second kappa shape index (κ2) is 6.17. The fourth-order valence-electron chi connectivity index (χ4n) is 1.04. The third-order valence-electron chi connectivity index (χ3n) is 1.91. The molecule has 0 aliphatic rings. The molecule has 0 heterocycles. The lowest BCUT2D eigenvalue weighted by Gasteiger charge is -2.24. The van der Waals surface area contributed by atoms with Gasteiger partial charge >= 0.3 is 0 Å². The summed E-state index contributed by atoms with van der Waals surface area (Å²) in [6.45, 7) is 3.67. The molecule has 0 aromatic rings. The van der Waals surface area contributed by atoms with Gasteiger partial charge in [0.25, 0.3) is 0 Å². The largest absolute Gasteiger partial charge is 0.368 e. The summed E-state index contributed by atoms with van der Waals surface area (Å²) in [5, 5.41) is 9.22. The van der Waals surface area contributed by atoms with Crippen molar-refractivity contribution in [3.8, 4) is 0 Å². The number of hydrogen-bond donors (Lipinski definition) is 1.